The number of nitrogens with one attached hydrogen (secondary N) is 1. The summed E-state index contributed by atoms with van der Waals surface area (Å²) in [5, 5.41) is 12.3. The van der Waals surface area contributed by atoms with Crippen LogP contribution in [0.4, 0.5) is 5.69 Å². The monoisotopic (exact) mass is 384 g/mol. The molecule has 148 valence electrons. The molecule has 0 aromatic heterocycles. The molecule has 7 heteroatoms. The number of hydrogen-bond donors (Lipinski definition) is 2. The van der Waals surface area contributed by atoms with Gasteiger partial charge in [-0.25, -0.2) is 0 Å². The highest BCUT2D eigenvalue weighted by Crippen LogP contribution is 2.28. The van der Waals surface area contributed by atoms with E-state index in [1.165, 1.54) is 12.1 Å². The molecule has 2 aromatic rings. The summed E-state index contributed by atoms with van der Waals surface area (Å²) in [6.07, 6.45) is 0.851. The van der Waals surface area contributed by atoms with Crippen molar-refractivity contribution in [1.82, 2.24) is 4.90 Å². The summed E-state index contributed by atoms with van der Waals surface area (Å²) in [6, 6.07) is 12.0. The molecule has 1 unspecified atom stereocenters. The molecule has 2 aromatic carbocycles. The second-order valence-corrected chi connectivity index (χ2v) is 6.72. The highest BCUT2D eigenvalue weighted by molar-refractivity contribution is 5.97. The Labute approximate surface area is 163 Å². The van der Waals surface area contributed by atoms with Gasteiger partial charge >= 0.3 is 0 Å². The Morgan fingerprint density at radius 2 is 1.96 bits per heavy atom. The van der Waals surface area contributed by atoms with Gasteiger partial charge in [0.25, 0.3) is 0 Å². The van der Waals surface area contributed by atoms with Gasteiger partial charge in [-0.2, -0.15) is 0 Å². The molecular formula is C21H24N2O5. The van der Waals surface area contributed by atoms with Crippen molar-refractivity contribution in [3.63, 3.8) is 0 Å². The quantitative estimate of drug-likeness (QED) is 0.766. The molecule has 1 aliphatic rings. The molecule has 0 bridgehead atoms. The molecule has 2 amide bonds. The topological polar surface area (TPSA) is 88.1 Å². The van der Waals surface area contributed by atoms with Gasteiger partial charge in [-0.3, -0.25) is 9.59 Å². The number of nitrogens with zero attached hydrogens (tertiary/aromatic N) is 1. The van der Waals surface area contributed by atoms with Crippen molar-refractivity contribution >= 4 is 17.5 Å². The molecule has 0 spiro atoms. The number of anilines is 1. The maximum atomic E-state index is 12.4. The van der Waals surface area contributed by atoms with Crippen molar-refractivity contribution in [3.05, 3.63) is 48.0 Å². The van der Waals surface area contributed by atoms with Crippen LogP contribution in [0.2, 0.25) is 0 Å². The maximum Gasteiger partial charge on any atom is 0.229 e. The van der Waals surface area contributed by atoms with Crippen LogP contribution in [0, 0.1) is 5.92 Å². The Morgan fingerprint density at radius 1 is 1.18 bits per heavy atom. The predicted molar refractivity (Wildman–Crippen MR) is 105 cm³/mol. The summed E-state index contributed by atoms with van der Waals surface area (Å²) in [4.78, 5) is 26.5. The number of ether oxygens (including phenoxy) is 2. The van der Waals surface area contributed by atoms with Crippen molar-refractivity contribution in [1.29, 1.82) is 0 Å². The van der Waals surface area contributed by atoms with E-state index < -0.39 is 5.92 Å². The maximum absolute atomic E-state index is 12.4. The molecule has 1 saturated heterocycles. The number of carbonyl (C=O) groups excluding carboxylic acids is 2. The van der Waals surface area contributed by atoms with E-state index in [4.69, 9.17) is 9.47 Å². The van der Waals surface area contributed by atoms with Crippen LogP contribution < -0.4 is 14.8 Å². The first-order valence-electron chi connectivity index (χ1n) is 9.08. The van der Waals surface area contributed by atoms with Gasteiger partial charge < -0.3 is 24.8 Å². The van der Waals surface area contributed by atoms with E-state index in [2.05, 4.69) is 5.32 Å². The molecule has 0 aliphatic carbocycles. The number of benzene rings is 2. The van der Waals surface area contributed by atoms with Crippen molar-refractivity contribution in [2.24, 2.45) is 5.92 Å². The highest BCUT2D eigenvalue weighted by Gasteiger charge is 2.34. The first-order valence-corrected chi connectivity index (χ1v) is 9.08. The van der Waals surface area contributed by atoms with E-state index in [0.717, 1.165) is 5.56 Å². The molecule has 3 rings (SSSR count). The summed E-state index contributed by atoms with van der Waals surface area (Å²) in [5.74, 6) is 0.740. The van der Waals surface area contributed by atoms with E-state index in [1.807, 2.05) is 18.2 Å². The Balaban J connectivity index is 1.56. The Morgan fingerprint density at radius 3 is 2.68 bits per heavy atom. The molecule has 28 heavy (non-hydrogen) atoms. The molecule has 0 radical (unpaired) electrons. The summed E-state index contributed by atoms with van der Waals surface area (Å²) in [6.45, 7) is 0.918. The summed E-state index contributed by atoms with van der Waals surface area (Å²) in [5.41, 5.74) is 1.54. The summed E-state index contributed by atoms with van der Waals surface area (Å²) >= 11 is 0. The predicted octanol–water partition coefficient (Wildman–Crippen LogP) is 2.44. The molecule has 0 saturated carbocycles. The minimum Gasteiger partial charge on any atom is -0.508 e. The van der Waals surface area contributed by atoms with Crippen LogP contribution >= 0.6 is 0 Å². The third-order valence-corrected chi connectivity index (χ3v) is 4.82. The smallest absolute Gasteiger partial charge is 0.229 e. The average molecular weight is 384 g/mol. The van der Waals surface area contributed by atoms with Crippen LogP contribution in [0.25, 0.3) is 0 Å². The van der Waals surface area contributed by atoms with Gasteiger partial charge in [-0.15, -0.1) is 0 Å². The zero-order chi connectivity index (χ0) is 20.1. The van der Waals surface area contributed by atoms with Gasteiger partial charge in [0.15, 0.2) is 11.5 Å². The van der Waals surface area contributed by atoms with E-state index >= 15 is 0 Å². The first kappa shape index (κ1) is 19.5. The second-order valence-electron chi connectivity index (χ2n) is 6.72. The number of methoxy groups -OCH3 is 2. The van der Waals surface area contributed by atoms with E-state index in [9.17, 15) is 14.7 Å². The zero-order valence-electron chi connectivity index (χ0n) is 16.0. The van der Waals surface area contributed by atoms with Crippen molar-refractivity contribution in [3.8, 4) is 17.2 Å². The normalized spacial score (nSPS) is 16.1. The Kier molecular flexibility index (Phi) is 6.03. The SMILES string of the molecule is COc1ccc(CCN2CC(C(=O)Nc3cccc(O)c3)CC2=O)cc1OC. The van der Waals surface area contributed by atoms with Crippen LogP contribution in [0.5, 0.6) is 17.2 Å². The average Bonchev–Trinajstić information content (AvgIpc) is 3.07. The second kappa shape index (κ2) is 8.65. The van der Waals surface area contributed by atoms with Crippen LogP contribution in [-0.2, 0) is 16.0 Å². The van der Waals surface area contributed by atoms with Gasteiger partial charge in [-0.05, 0) is 36.2 Å². The molecule has 7 nitrogen and oxygen atoms in total. The van der Waals surface area contributed by atoms with Gasteiger partial charge in [0.2, 0.25) is 11.8 Å². The van der Waals surface area contributed by atoms with Crippen LogP contribution in [-0.4, -0.2) is 49.1 Å². The number of phenolic OH excluding ortho intramolecular Hbond substituents is 1. The lowest BCUT2D eigenvalue weighted by molar-refractivity contribution is -0.128. The number of amides is 2. The van der Waals surface area contributed by atoms with Gasteiger partial charge in [0.1, 0.15) is 5.75 Å². The number of rotatable bonds is 7. The Bertz CT molecular complexity index is 868. The lowest BCUT2D eigenvalue weighted by Gasteiger charge is -2.17. The first-order chi connectivity index (χ1) is 13.5. The molecule has 1 fully saturated rings. The standard InChI is InChI=1S/C21H24N2O5/c1-27-18-7-6-14(10-19(18)28-2)8-9-23-13-15(11-20(23)25)21(26)22-16-4-3-5-17(24)12-16/h3-7,10,12,15,24H,8-9,11,13H2,1-2H3,(H,22,26). The molecule has 1 heterocycles. The zero-order valence-corrected chi connectivity index (χ0v) is 16.0. The highest BCUT2D eigenvalue weighted by atomic mass is 16.5. The fourth-order valence-corrected chi connectivity index (χ4v) is 3.29. The minimum atomic E-state index is -0.403. The van der Waals surface area contributed by atoms with Gasteiger partial charge in [0, 0.05) is 31.3 Å². The van der Waals surface area contributed by atoms with E-state index in [-0.39, 0.29) is 24.0 Å². The number of aromatic hydroxyl groups is 1. The van der Waals surface area contributed by atoms with Gasteiger partial charge in [-0.1, -0.05) is 12.1 Å². The summed E-state index contributed by atoms with van der Waals surface area (Å²) < 4.78 is 10.5. The fourth-order valence-electron chi connectivity index (χ4n) is 3.29. The number of carbonyl (C=O) groups is 2. The fraction of sp³-hybridized carbons (Fsp3) is 0.333. The third-order valence-electron chi connectivity index (χ3n) is 4.82. The van der Waals surface area contributed by atoms with E-state index in [1.54, 1.807) is 31.3 Å². The van der Waals surface area contributed by atoms with Crippen LogP contribution in [0.15, 0.2) is 42.5 Å². The lowest BCUT2D eigenvalue weighted by Crippen LogP contribution is -2.30. The third kappa shape index (κ3) is 4.54. The van der Waals surface area contributed by atoms with Crippen LogP contribution in [0.3, 0.4) is 0 Å². The van der Waals surface area contributed by atoms with Crippen molar-refractivity contribution in [2.75, 3.05) is 32.6 Å². The summed E-state index contributed by atoms with van der Waals surface area (Å²) in [7, 11) is 3.17. The van der Waals surface area contributed by atoms with Crippen molar-refractivity contribution in [2.45, 2.75) is 12.8 Å². The number of phenols is 1. The molecule has 1 atom stereocenters. The molecular weight excluding hydrogens is 360 g/mol. The van der Waals surface area contributed by atoms with Gasteiger partial charge in [0.05, 0.1) is 20.1 Å². The molecule has 2 N–H and O–H groups in total. The largest absolute Gasteiger partial charge is 0.508 e. The molecule has 1 aliphatic heterocycles. The minimum absolute atomic E-state index is 0.0310. The number of hydrogen-bond acceptors (Lipinski definition) is 5. The van der Waals surface area contributed by atoms with E-state index in [0.29, 0.717) is 36.7 Å². The number of likely N-dealkylation sites (tertiary alicyclic amines) is 1. The van der Waals surface area contributed by atoms with Crippen molar-refractivity contribution < 1.29 is 24.2 Å². The lowest BCUT2D eigenvalue weighted by atomic mass is 10.1. The Hall–Kier alpha value is -3.22. The van der Waals surface area contributed by atoms with Crippen LogP contribution in [0.1, 0.15) is 12.0 Å².